The Kier molecular flexibility index (Phi) is 4.74. The van der Waals surface area contributed by atoms with Gasteiger partial charge in [-0.15, -0.1) is 0 Å². The van der Waals surface area contributed by atoms with Crippen molar-refractivity contribution < 1.29 is 4.79 Å². The molecular weight excluding hydrogens is 202 g/mol. The van der Waals surface area contributed by atoms with Crippen molar-refractivity contribution >= 4 is 5.91 Å². The SMILES string of the molecule is CC1CC(N)CN(CC(=O)N(C)C(C)C)C1. The number of rotatable bonds is 3. The van der Waals surface area contributed by atoms with Crippen molar-refractivity contribution in [1.82, 2.24) is 9.80 Å². The molecule has 4 heteroatoms. The van der Waals surface area contributed by atoms with Crippen molar-refractivity contribution in [2.45, 2.75) is 39.3 Å². The zero-order valence-corrected chi connectivity index (χ0v) is 10.9. The van der Waals surface area contributed by atoms with E-state index in [1.54, 1.807) is 4.90 Å². The van der Waals surface area contributed by atoms with Crippen LogP contribution >= 0.6 is 0 Å². The minimum absolute atomic E-state index is 0.191. The van der Waals surface area contributed by atoms with Gasteiger partial charge in [0.25, 0.3) is 0 Å². The zero-order chi connectivity index (χ0) is 12.3. The molecule has 0 aromatic heterocycles. The first-order valence-corrected chi connectivity index (χ1v) is 6.13. The maximum Gasteiger partial charge on any atom is 0.236 e. The summed E-state index contributed by atoms with van der Waals surface area (Å²) in [5.74, 6) is 0.789. The molecule has 0 aliphatic carbocycles. The topological polar surface area (TPSA) is 49.6 Å². The molecule has 0 aromatic rings. The van der Waals surface area contributed by atoms with E-state index >= 15 is 0 Å². The molecule has 0 bridgehead atoms. The van der Waals surface area contributed by atoms with Gasteiger partial charge in [-0.2, -0.15) is 0 Å². The van der Waals surface area contributed by atoms with Gasteiger partial charge in [0.2, 0.25) is 5.91 Å². The van der Waals surface area contributed by atoms with E-state index in [0.29, 0.717) is 12.5 Å². The van der Waals surface area contributed by atoms with Gasteiger partial charge in [-0.3, -0.25) is 9.69 Å². The van der Waals surface area contributed by atoms with Gasteiger partial charge in [-0.25, -0.2) is 0 Å². The molecule has 0 spiro atoms. The summed E-state index contributed by atoms with van der Waals surface area (Å²) in [5, 5.41) is 0. The van der Waals surface area contributed by atoms with Crippen LogP contribution in [0.2, 0.25) is 0 Å². The average Bonchev–Trinajstić information content (AvgIpc) is 2.14. The fourth-order valence-corrected chi connectivity index (χ4v) is 2.23. The zero-order valence-electron chi connectivity index (χ0n) is 10.9. The van der Waals surface area contributed by atoms with Crippen molar-refractivity contribution in [2.75, 3.05) is 26.7 Å². The van der Waals surface area contributed by atoms with Crippen molar-refractivity contribution in [3.05, 3.63) is 0 Å². The summed E-state index contributed by atoms with van der Waals surface area (Å²) in [6.07, 6.45) is 1.07. The van der Waals surface area contributed by atoms with Gasteiger partial charge in [-0.1, -0.05) is 6.92 Å². The summed E-state index contributed by atoms with van der Waals surface area (Å²) < 4.78 is 0. The monoisotopic (exact) mass is 227 g/mol. The number of carbonyl (C=O) groups is 1. The highest BCUT2D eigenvalue weighted by molar-refractivity contribution is 5.78. The predicted octanol–water partition coefficient (Wildman–Crippen LogP) is 0.522. The van der Waals surface area contributed by atoms with Crippen molar-refractivity contribution in [3.8, 4) is 0 Å². The molecule has 1 saturated heterocycles. The minimum Gasteiger partial charge on any atom is -0.342 e. The van der Waals surface area contributed by atoms with E-state index in [1.165, 1.54) is 0 Å². The van der Waals surface area contributed by atoms with Gasteiger partial charge < -0.3 is 10.6 Å². The minimum atomic E-state index is 0.191. The van der Waals surface area contributed by atoms with E-state index in [2.05, 4.69) is 11.8 Å². The second kappa shape index (κ2) is 5.64. The summed E-state index contributed by atoms with van der Waals surface area (Å²) in [7, 11) is 1.86. The first-order valence-electron chi connectivity index (χ1n) is 6.13. The van der Waals surface area contributed by atoms with Crippen LogP contribution in [0, 0.1) is 5.92 Å². The Balaban J connectivity index is 2.44. The summed E-state index contributed by atoms with van der Waals surface area (Å²) in [6.45, 7) is 8.60. The Hall–Kier alpha value is -0.610. The van der Waals surface area contributed by atoms with E-state index in [-0.39, 0.29) is 18.0 Å². The van der Waals surface area contributed by atoms with Crippen LogP contribution in [0.15, 0.2) is 0 Å². The van der Waals surface area contributed by atoms with Gasteiger partial charge in [0, 0.05) is 32.2 Å². The Bertz CT molecular complexity index is 232. The Morgan fingerprint density at radius 1 is 1.50 bits per heavy atom. The third kappa shape index (κ3) is 3.76. The molecule has 1 heterocycles. The Morgan fingerprint density at radius 3 is 2.62 bits per heavy atom. The molecule has 94 valence electrons. The molecule has 4 nitrogen and oxygen atoms in total. The van der Waals surface area contributed by atoms with Gasteiger partial charge in [0.15, 0.2) is 0 Å². The van der Waals surface area contributed by atoms with Crippen LogP contribution in [0.4, 0.5) is 0 Å². The van der Waals surface area contributed by atoms with Gasteiger partial charge >= 0.3 is 0 Å². The van der Waals surface area contributed by atoms with Crippen LogP contribution < -0.4 is 5.73 Å². The third-order valence-electron chi connectivity index (χ3n) is 3.29. The average molecular weight is 227 g/mol. The molecule has 1 amide bonds. The second-order valence-electron chi connectivity index (χ2n) is 5.39. The smallest absolute Gasteiger partial charge is 0.236 e. The third-order valence-corrected chi connectivity index (χ3v) is 3.29. The van der Waals surface area contributed by atoms with E-state index in [1.807, 2.05) is 20.9 Å². The molecule has 1 aliphatic rings. The fraction of sp³-hybridized carbons (Fsp3) is 0.917. The molecule has 0 radical (unpaired) electrons. The lowest BCUT2D eigenvalue weighted by atomic mass is 9.96. The summed E-state index contributed by atoms with van der Waals surface area (Å²) in [4.78, 5) is 15.9. The Morgan fingerprint density at radius 2 is 2.12 bits per heavy atom. The maximum absolute atomic E-state index is 11.9. The van der Waals surface area contributed by atoms with Crippen LogP contribution in [-0.4, -0.2) is 54.5 Å². The number of amides is 1. The van der Waals surface area contributed by atoms with Crippen LogP contribution in [0.3, 0.4) is 0 Å². The van der Waals surface area contributed by atoms with E-state index in [4.69, 9.17) is 5.73 Å². The van der Waals surface area contributed by atoms with Gasteiger partial charge in [0.05, 0.1) is 6.54 Å². The van der Waals surface area contributed by atoms with Crippen LogP contribution in [-0.2, 0) is 4.79 Å². The normalized spacial score (nSPS) is 27.1. The van der Waals surface area contributed by atoms with Crippen molar-refractivity contribution in [3.63, 3.8) is 0 Å². The largest absolute Gasteiger partial charge is 0.342 e. The van der Waals surface area contributed by atoms with Crippen LogP contribution in [0.1, 0.15) is 27.2 Å². The highest BCUT2D eigenvalue weighted by atomic mass is 16.2. The van der Waals surface area contributed by atoms with Crippen LogP contribution in [0.5, 0.6) is 0 Å². The Labute approximate surface area is 98.8 Å². The standard InChI is InChI=1S/C12H25N3O/c1-9(2)14(4)12(16)8-15-6-10(3)5-11(13)7-15/h9-11H,5-8,13H2,1-4H3. The molecule has 2 atom stereocenters. The van der Waals surface area contributed by atoms with Gasteiger partial charge in [0.1, 0.15) is 0 Å². The molecule has 1 rings (SSSR count). The second-order valence-corrected chi connectivity index (χ2v) is 5.39. The van der Waals surface area contributed by atoms with E-state index in [0.717, 1.165) is 19.5 Å². The lowest BCUT2D eigenvalue weighted by Gasteiger charge is -2.35. The van der Waals surface area contributed by atoms with E-state index in [9.17, 15) is 4.79 Å². The molecule has 0 aromatic carbocycles. The lowest BCUT2D eigenvalue weighted by Crippen LogP contribution is -2.50. The first-order chi connectivity index (χ1) is 7.40. The number of nitrogens with two attached hydrogens (primary N) is 1. The lowest BCUT2D eigenvalue weighted by molar-refractivity contribution is -0.133. The number of carbonyl (C=O) groups excluding carboxylic acids is 1. The fourth-order valence-electron chi connectivity index (χ4n) is 2.23. The quantitative estimate of drug-likeness (QED) is 0.765. The summed E-state index contributed by atoms with van der Waals surface area (Å²) in [5.41, 5.74) is 5.96. The molecule has 0 saturated carbocycles. The highest BCUT2D eigenvalue weighted by Gasteiger charge is 2.24. The summed E-state index contributed by atoms with van der Waals surface area (Å²) in [6, 6.07) is 0.490. The number of hydrogen-bond donors (Lipinski definition) is 1. The number of likely N-dealkylation sites (N-methyl/N-ethyl adjacent to an activating group) is 1. The van der Waals surface area contributed by atoms with Gasteiger partial charge in [-0.05, 0) is 26.2 Å². The predicted molar refractivity (Wildman–Crippen MR) is 66.1 cm³/mol. The summed E-state index contributed by atoms with van der Waals surface area (Å²) >= 11 is 0. The first kappa shape index (κ1) is 13.5. The maximum atomic E-state index is 11.9. The highest BCUT2D eigenvalue weighted by Crippen LogP contribution is 2.14. The number of likely N-dealkylation sites (tertiary alicyclic amines) is 1. The molecule has 1 fully saturated rings. The van der Waals surface area contributed by atoms with E-state index < -0.39 is 0 Å². The van der Waals surface area contributed by atoms with Crippen molar-refractivity contribution in [2.24, 2.45) is 11.7 Å². The number of hydrogen-bond acceptors (Lipinski definition) is 3. The number of piperidine rings is 1. The molecule has 1 aliphatic heterocycles. The molecule has 2 unspecified atom stereocenters. The molecule has 16 heavy (non-hydrogen) atoms. The number of nitrogens with zero attached hydrogens (tertiary/aromatic N) is 2. The van der Waals surface area contributed by atoms with Crippen molar-refractivity contribution in [1.29, 1.82) is 0 Å². The molecule has 2 N–H and O–H groups in total. The molecular formula is C12H25N3O. The van der Waals surface area contributed by atoms with Crippen LogP contribution in [0.25, 0.3) is 0 Å².